The highest BCUT2D eigenvalue weighted by Crippen LogP contribution is 2.23. The Balaban J connectivity index is 1.35. The van der Waals surface area contributed by atoms with E-state index in [-0.39, 0.29) is 0 Å². The minimum absolute atomic E-state index is 0.359. The number of nitrogens with one attached hydrogen (secondary N) is 2. The van der Waals surface area contributed by atoms with Crippen molar-refractivity contribution in [2.45, 2.75) is 31.4 Å². The Labute approximate surface area is 132 Å². The maximum Gasteiger partial charge on any atom is 0.119 e. The lowest BCUT2D eigenvalue weighted by atomic mass is 9.88. The molecule has 2 saturated heterocycles. The molecule has 2 unspecified atom stereocenters. The molecule has 0 radical (unpaired) electrons. The van der Waals surface area contributed by atoms with Gasteiger partial charge in [-0.15, -0.1) is 0 Å². The first-order chi connectivity index (χ1) is 10.8. The molecule has 2 atom stereocenters. The third kappa shape index (κ3) is 4.43. The monoisotopic (exact) mass is 305 g/mol. The Morgan fingerprint density at radius 3 is 2.64 bits per heavy atom. The number of hydrazine groups is 1. The number of β-amino-alcohol motifs (C(OH)–C–C–N with tert-alkyl or cyclic N) is 1. The van der Waals surface area contributed by atoms with Crippen molar-refractivity contribution >= 4 is 0 Å². The summed E-state index contributed by atoms with van der Waals surface area (Å²) >= 11 is 0. The second kappa shape index (κ2) is 7.92. The number of hydrogen-bond acceptors (Lipinski definition) is 5. The molecule has 0 aliphatic carbocycles. The molecule has 1 aromatic rings. The summed E-state index contributed by atoms with van der Waals surface area (Å²) in [7, 11) is 0. The van der Waals surface area contributed by atoms with Crippen molar-refractivity contribution in [3.05, 3.63) is 30.3 Å². The molecule has 0 amide bonds. The minimum atomic E-state index is -0.428. The van der Waals surface area contributed by atoms with Crippen LogP contribution in [-0.4, -0.2) is 54.9 Å². The van der Waals surface area contributed by atoms with E-state index in [1.807, 2.05) is 30.3 Å². The first kappa shape index (κ1) is 15.7. The zero-order chi connectivity index (χ0) is 15.2. The molecule has 5 heteroatoms. The lowest BCUT2D eigenvalue weighted by molar-refractivity contribution is 0.0521. The summed E-state index contributed by atoms with van der Waals surface area (Å²) in [6.45, 7) is 4.30. The predicted molar refractivity (Wildman–Crippen MR) is 86.7 cm³/mol. The molecule has 0 aromatic heterocycles. The van der Waals surface area contributed by atoms with Gasteiger partial charge in [-0.1, -0.05) is 18.2 Å². The molecule has 0 saturated carbocycles. The molecule has 3 N–H and O–H groups in total. The fraction of sp³-hybridized carbons (Fsp3) is 0.647. The zero-order valence-corrected chi connectivity index (χ0v) is 13.1. The molecule has 122 valence electrons. The molecule has 2 aliphatic heterocycles. The minimum Gasteiger partial charge on any atom is -0.491 e. The molecular weight excluding hydrogens is 278 g/mol. The second-order valence-corrected chi connectivity index (χ2v) is 6.38. The fourth-order valence-corrected chi connectivity index (χ4v) is 3.45. The molecular formula is C17H27N3O2. The highest BCUT2D eigenvalue weighted by atomic mass is 16.5. The number of para-hydroxylation sites is 1. The molecule has 2 fully saturated rings. The number of aliphatic hydroxyl groups excluding tert-OH is 1. The highest BCUT2D eigenvalue weighted by Gasteiger charge is 2.28. The van der Waals surface area contributed by atoms with Crippen LogP contribution in [0.25, 0.3) is 0 Å². The van der Waals surface area contributed by atoms with Crippen molar-refractivity contribution in [3.63, 3.8) is 0 Å². The third-order valence-electron chi connectivity index (χ3n) is 4.72. The summed E-state index contributed by atoms with van der Waals surface area (Å²) in [6, 6.07) is 10.3. The van der Waals surface area contributed by atoms with E-state index in [1.54, 1.807) is 0 Å². The predicted octanol–water partition coefficient (Wildman–Crippen LogP) is 1.00. The van der Waals surface area contributed by atoms with E-state index >= 15 is 0 Å². The average Bonchev–Trinajstić information content (AvgIpc) is 3.09. The van der Waals surface area contributed by atoms with Gasteiger partial charge < -0.3 is 14.7 Å². The topological polar surface area (TPSA) is 56.8 Å². The van der Waals surface area contributed by atoms with Crippen molar-refractivity contribution in [3.8, 4) is 5.75 Å². The number of rotatable bonds is 6. The summed E-state index contributed by atoms with van der Waals surface area (Å²) in [4.78, 5) is 2.36. The molecule has 5 nitrogen and oxygen atoms in total. The number of nitrogens with zero attached hydrogens (tertiary/aromatic N) is 1. The van der Waals surface area contributed by atoms with Crippen molar-refractivity contribution < 1.29 is 9.84 Å². The summed E-state index contributed by atoms with van der Waals surface area (Å²) in [5, 5.41) is 10.2. The Hall–Kier alpha value is -1.14. The normalized spacial score (nSPS) is 25.2. The van der Waals surface area contributed by atoms with Crippen LogP contribution in [0.3, 0.4) is 0 Å². The number of benzene rings is 1. The van der Waals surface area contributed by atoms with Gasteiger partial charge in [0.25, 0.3) is 0 Å². The van der Waals surface area contributed by atoms with Gasteiger partial charge in [0, 0.05) is 19.1 Å². The van der Waals surface area contributed by atoms with E-state index < -0.39 is 6.10 Å². The van der Waals surface area contributed by atoms with Crippen LogP contribution >= 0.6 is 0 Å². The van der Waals surface area contributed by atoms with Gasteiger partial charge in [0.05, 0.1) is 0 Å². The van der Waals surface area contributed by atoms with Gasteiger partial charge in [0.1, 0.15) is 18.5 Å². The number of likely N-dealkylation sites (tertiary alicyclic amines) is 1. The molecule has 3 rings (SSSR count). The van der Waals surface area contributed by atoms with E-state index in [4.69, 9.17) is 4.74 Å². The first-order valence-electron chi connectivity index (χ1n) is 8.38. The number of hydrogen-bond donors (Lipinski definition) is 3. The van der Waals surface area contributed by atoms with Crippen LogP contribution in [-0.2, 0) is 0 Å². The number of aliphatic hydroxyl groups is 1. The van der Waals surface area contributed by atoms with E-state index in [9.17, 15) is 5.11 Å². The van der Waals surface area contributed by atoms with Crippen LogP contribution in [0, 0.1) is 5.92 Å². The second-order valence-electron chi connectivity index (χ2n) is 6.38. The molecule has 2 heterocycles. The van der Waals surface area contributed by atoms with Crippen LogP contribution in [0.15, 0.2) is 30.3 Å². The Bertz CT molecular complexity index is 429. The lowest BCUT2D eigenvalue weighted by Gasteiger charge is -2.35. The largest absolute Gasteiger partial charge is 0.491 e. The molecule has 0 spiro atoms. The lowest BCUT2D eigenvalue weighted by Crippen LogP contribution is -2.45. The average molecular weight is 305 g/mol. The first-order valence-corrected chi connectivity index (χ1v) is 8.38. The summed E-state index contributed by atoms with van der Waals surface area (Å²) < 4.78 is 5.62. The standard InChI is InChI=1S/C17H27N3O2/c21-15(13-22-16-4-2-1-3-5-16)12-20-10-7-14(8-11-20)17-6-9-18-19-17/h1-5,14-15,17-19,21H,6-13H2. The Morgan fingerprint density at radius 1 is 1.18 bits per heavy atom. The van der Waals surface area contributed by atoms with Crippen LogP contribution in [0.1, 0.15) is 19.3 Å². The van der Waals surface area contributed by atoms with E-state index in [0.29, 0.717) is 19.2 Å². The van der Waals surface area contributed by atoms with Gasteiger partial charge in [-0.25, -0.2) is 0 Å². The summed E-state index contributed by atoms with van der Waals surface area (Å²) in [5.41, 5.74) is 6.61. The summed E-state index contributed by atoms with van der Waals surface area (Å²) in [6.07, 6.45) is 3.23. The van der Waals surface area contributed by atoms with Gasteiger partial charge >= 0.3 is 0 Å². The SMILES string of the molecule is OC(COc1ccccc1)CN1CCC(C2CCNN2)CC1. The van der Waals surface area contributed by atoms with Crippen molar-refractivity contribution in [1.82, 2.24) is 15.8 Å². The van der Waals surface area contributed by atoms with Gasteiger partial charge in [-0.2, -0.15) is 0 Å². The van der Waals surface area contributed by atoms with Gasteiger partial charge in [-0.05, 0) is 50.4 Å². The fourth-order valence-electron chi connectivity index (χ4n) is 3.45. The van der Waals surface area contributed by atoms with E-state index in [1.165, 1.54) is 19.3 Å². The van der Waals surface area contributed by atoms with E-state index in [2.05, 4.69) is 15.8 Å². The Morgan fingerprint density at radius 2 is 1.95 bits per heavy atom. The van der Waals surface area contributed by atoms with Gasteiger partial charge in [-0.3, -0.25) is 10.9 Å². The molecule has 1 aromatic carbocycles. The van der Waals surface area contributed by atoms with Crippen molar-refractivity contribution in [1.29, 1.82) is 0 Å². The molecule has 2 aliphatic rings. The van der Waals surface area contributed by atoms with Crippen molar-refractivity contribution in [2.75, 3.05) is 32.8 Å². The maximum absolute atomic E-state index is 10.2. The van der Waals surface area contributed by atoms with Crippen molar-refractivity contribution in [2.24, 2.45) is 5.92 Å². The van der Waals surface area contributed by atoms with Crippen LogP contribution in [0.2, 0.25) is 0 Å². The maximum atomic E-state index is 10.2. The van der Waals surface area contributed by atoms with Crippen LogP contribution < -0.4 is 15.6 Å². The smallest absolute Gasteiger partial charge is 0.119 e. The van der Waals surface area contributed by atoms with Gasteiger partial charge in [0.15, 0.2) is 0 Å². The van der Waals surface area contributed by atoms with Crippen LogP contribution in [0.5, 0.6) is 5.75 Å². The molecule has 22 heavy (non-hydrogen) atoms. The zero-order valence-electron chi connectivity index (χ0n) is 13.1. The van der Waals surface area contributed by atoms with Gasteiger partial charge in [0.2, 0.25) is 0 Å². The third-order valence-corrected chi connectivity index (χ3v) is 4.72. The van der Waals surface area contributed by atoms with Crippen LogP contribution in [0.4, 0.5) is 0 Å². The highest BCUT2D eigenvalue weighted by molar-refractivity contribution is 5.20. The Kier molecular flexibility index (Phi) is 5.67. The number of ether oxygens (including phenoxy) is 1. The molecule has 0 bridgehead atoms. The van der Waals surface area contributed by atoms with E-state index in [0.717, 1.165) is 31.3 Å². The quantitative estimate of drug-likeness (QED) is 0.732. The summed E-state index contributed by atoms with van der Waals surface area (Å²) in [5.74, 6) is 1.59. The number of piperidine rings is 1.